The lowest BCUT2D eigenvalue weighted by Gasteiger charge is -2.24. The second kappa shape index (κ2) is 39.8. The lowest BCUT2D eigenvalue weighted by atomic mass is 10.2. The summed E-state index contributed by atoms with van der Waals surface area (Å²) in [5, 5.41) is 34.0. The van der Waals surface area contributed by atoms with Gasteiger partial charge >= 0.3 is 0 Å². The van der Waals surface area contributed by atoms with Crippen molar-refractivity contribution in [3.05, 3.63) is 164 Å². The van der Waals surface area contributed by atoms with Crippen molar-refractivity contribution in [2.75, 3.05) is 49.3 Å². The topological polar surface area (TPSA) is 452 Å². The summed E-state index contributed by atoms with van der Waals surface area (Å²) in [6.45, 7) is 28.4. The summed E-state index contributed by atoms with van der Waals surface area (Å²) in [6.07, 6.45) is 36.7. The third-order valence-corrected chi connectivity index (χ3v) is 17.8. The van der Waals surface area contributed by atoms with Gasteiger partial charge in [-0.25, -0.2) is 34.9 Å². The number of rotatable bonds is 7. The molecule has 0 saturated heterocycles. The minimum Gasteiger partial charge on any atom is -0.370 e. The highest BCUT2D eigenvalue weighted by Crippen LogP contribution is 2.25. The number of aliphatic imine (C=N–C) groups is 14. The highest BCUT2D eigenvalue weighted by atomic mass is 15.4. The van der Waals surface area contributed by atoms with Crippen molar-refractivity contribution < 1.29 is 0 Å². The van der Waals surface area contributed by atoms with Gasteiger partial charge in [0.2, 0.25) is 53.6 Å². The largest absolute Gasteiger partial charge is 0.370 e. The number of likely N-dealkylation sites (N-methyl/N-ethyl adjacent to an activating group) is 3. The number of nitrogens with one attached hydrogen (secondary N) is 11. The quantitative estimate of drug-likeness (QED) is 0.155. The van der Waals surface area contributed by atoms with E-state index >= 15 is 0 Å². The Morgan fingerprint density at radius 3 is 1.07 bits per heavy atom. The summed E-state index contributed by atoms with van der Waals surface area (Å²) < 4.78 is 0. The zero-order valence-corrected chi connectivity index (χ0v) is 69.0. The molecule has 7 atom stereocenters. The van der Waals surface area contributed by atoms with Gasteiger partial charge in [0.1, 0.15) is 43.2 Å². The molecule has 7 aliphatic carbocycles. The van der Waals surface area contributed by atoms with Crippen LogP contribution in [0.15, 0.2) is 234 Å². The van der Waals surface area contributed by atoms with Crippen LogP contribution in [0.5, 0.6) is 0 Å². The smallest absolute Gasteiger partial charge is 0.230 e. The summed E-state index contributed by atoms with van der Waals surface area (Å²) in [5.41, 5.74) is 45.2. The van der Waals surface area contributed by atoms with Crippen molar-refractivity contribution in [2.24, 2.45) is 98.6 Å². The molecule has 7 heterocycles. The van der Waals surface area contributed by atoms with Crippen molar-refractivity contribution in [1.29, 1.82) is 0 Å². The molecule has 602 valence electrons. The predicted molar refractivity (Wildman–Crippen MR) is 462 cm³/mol. The van der Waals surface area contributed by atoms with Crippen LogP contribution in [-0.4, -0.2) is 200 Å². The van der Waals surface area contributed by atoms with E-state index in [0.717, 1.165) is 109 Å². The van der Waals surface area contributed by atoms with Crippen LogP contribution in [-0.2, 0) is 0 Å². The number of guanidine groups is 14. The van der Waals surface area contributed by atoms with Crippen molar-refractivity contribution in [2.45, 2.75) is 185 Å². The predicted octanol–water partition coefficient (Wildman–Crippen LogP) is 5.24. The Hall–Kier alpha value is -12.5. The first kappa shape index (κ1) is 85.2. The Balaban J connectivity index is 0.000000164. The molecule has 14 aliphatic rings. The summed E-state index contributed by atoms with van der Waals surface area (Å²) in [5.74, 6) is 8.16. The van der Waals surface area contributed by atoms with E-state index in [9.17, 15) is 0 Å². The lowest BCUT2D eigenvalue weighted by molar-refractivity contribution is 0.576. The molecule has 0 saturated carbocycles. The van der Waals surface area contributed by atoms with E-state index in [1.807, 2.05) is 128 Å². The molecule has 112 heavy (non-hydrogen) atoms. The molecule has 35 nitrogen and oxygen atoms in total. The maximum absolute atomic E-state index is 5.68. The minimum atomic E-state index is -0.0312. The molecule has 21 N–H and O–H groups in total. The molecule has 0 amide bonds. The molecular weight excluding hydrogens is 1420 g/mol. The normalized spacial score (nSPS) is 24.0. The van der Waals surface area contributed by atoms with Crippen LogP contribution in [0.3, 0.4) is 0 Å². The SMILES string of the molecule is CC1=C(N(C)C2=NC(C)NC(N)=N2)C=CC1.CC1=C(NC2=NC(C)NC(N)=N2)C=CC1.CC1=C(NC2=NC(N(C)C)=NC(C)N2)C=CC1.CC1=CC(N(C)C2=NC(C)NC(N)=N2)=CC1.CC1=CC(N(C)C2=NC(C)NC(N)=N2)=CC1.CC1=CC(NC2=NC(N(C)C)=NC(C)N2)=CC1.CC1=CCC=C1NC1=NC(C)NC(N)=N1. The van der Waals surface area contributed by atoms with Gasteiger partial charge in [-0.15, -0.1) is 0 Å². The Morgan fingerprint density at radius 1 is 0.348 bits per heavy atom. The number of hydrogen-bond acceptors (Lipinski definition) is 35. The van der Waals surface area contributed by atoms with Crippen LogP contribution in [0.4, 0.5) is 0 Å². The highest BCUT2D eigenvalue weighted by Gasteiger charge is 2.24. The fraction of sp³-hybridized carbons (Fsp3) is 0.455. The van der Waals surface area contributed by atoms with E-state index in [1.54, 1.807) is 0 Å². The second-order valence-corrected chi connectivity index (χ2v) is 28.8. The van der Waals surface area contributed by atoms with Gasteiger partial charge in [0.15, 0.2) is 29.8 Å². The van der Waals surface area contributed by atoms with Crippen LogP contribution >= 0.6 is 0 Å². The zero-order valence-electron chi connectivity index (χ0n) is 69.0. The molecule has 0 radical (unpaired) electrons. The van der Waals surface area contributed by atoms with E-state index in [2.05, 4.69) is 256 Å². The number of hydrogen-bond donors (Lipinski definition) is 16. The molecule has 0 aromatic rings. The summed E-state index contributed by atoms with van der Waals surface area (Å²) in [7, 11) is 13.6. The number of nitrogens with zero attached hydrogens (tertiary/aromatic N) is 19. The summed E-state index contributed by atoms with van der Waals surface area (Å²) in [6, 6.07) is 0. The Morgan fingerprint density at radius 2 is 0.714 bits per heavy atom. The first-order valence-electron chi connectivity index (χ1n) is 37.6. The van der Waals surface area contributed by atoms with Crippen molar-refractivity contribution in [3.8, 4) is 0 Å². The van der Waals surface area contributed by atoms with Crippen molar-refractivity contribution in [3.63, 3.8) is 0 Å². The maximum atomic E-state index is 5.68. The average Bonchev–Trinajstić information content (AvgIpc) is 1.53. The standard InChI is InChI=1S/2C12H19N5.3C11H17N5.2C10H15N5/c1-8-5-6-10(7-8)15-11-13-9(2)14-12(16-11)17(3)4;1-8-6-5-7-10(8)15-11-13-9(2)14-12(16-11)17(3)4;2*1-7-4-5-9(6-7)16(3)11-14-8(2)13-10(12)15-11;1-7-5-4-6-9(7)16(3)11-14-8(2)13-10(12)15-11;2*1-6-4-3-5-8(6)14-10-13-7(2)12-9(11)15-10/h6-7,9H,5H2,1-4H3,(H2,13,14,15,16);5,7,9H,6H2,1-4H3,(H2,13,14,15,16);2*5-6,8H,4H2,1-3H3,(H3,12,13,14,15);4,6,8H,5H2,1-3H3,(H3,12,13,14,15);4-5,7H,3H2,1-2H3,(H4,11,12,13,14,15);3,5,7H,4H2,1-2H3,(H4,11,12,13,14,15). The highest BCUT2D eigenvalue weighted by molar-refractivity contribution is 6.01. The van der Waals surface area contributed by atoms with Crippen LogP contribution in [0.1, 0.15) is 142 Å². The van der Waals surface area contributed by atoms with Gasteiger partial charge in [0, 0.05) is 89.2 Å². The van der Waals surface area contributed by atoms with Crippen molar-refractivity contribution >= 4 is 83.4 Å². The second-order valence-electron chi connectivity index (χ2n) is 28.8. The van der Waals surface area contributed by atoms with E-state index in [1.165, 1.54) is 39.0 Å². The Labute approximate surface area is 660 Å². The van der Waals surface area contributed by atoms with E-state index in [4.69, 9.17) is 28.7 Å². The van der Waals surface area contributed by atoms with Gasteiger partial charge in [-0.05, 0) is 201 Å². The maximum Gasteiger partial charge on any atom is 0.230 e. The Bertz CT molecular complexity index is 4360. The molecule has 7 unspecified atom stereocenters. The first-order chi connectivity index (χ1) is 53.1. The summed E-state index contributed by atoms with van der Waals surface area (Å²) in [4.78, 5) is 69.9. The van der Waals surface area contributed by atoms with E-state index in [0.29, 0.717) is 59.6 Å². The number of nitrogens with two attached hydrogens (primary N) is 5. The molecule has 0 spiro atoms. The molecule has 0 bridgehead atoms. The summed E-state index contributed by atoms with van der Waals surface area (Å²) >= 11 is 0. The first-order valence-corrected chi connectivity index (χ1v) is 37.6. The van der Waals surface area contributed by atoms with Crippen LogP contribution in [0, 0.1) is 0 Å². The van der Waals surface area contributed by atoms with Gasteiger partial charge < -0.3 is 112 Å². The van der Waals surface area contributed by atoms with Crippen LogP contribution < -0.4 is 87.2 Å². The average molecular weight is 1540 g/mol. The fourth-order valence-electron chi connectivity index (χ4n) is 11.9. The number of allylic oxidation sites excluding steroid dienone is 21. The molecule has 14 rings (SSSR count). The third kappa shape index (κ3) is 26.1. The molecule has 0 fully saturated rings. The lowest BCUT2D eigenvalue weighted by Crippen LogP contribution is -2.46. The minimum absolute atomic E-state index is 0.0259. The van der Waals surface area contributed by atoms with Crippen LogP contribution in [0.2, 0.25) is 0 Å². The molecule has 0 aromatic carbocycles. The van der Waals surface area contributed by atoms with Gasteiger partial charge in [-0.3, -0.25) is 0 Å². The molecule has 35 heteroatoms. The third-order valence-electron chi connectivity index (χ3n) is 17.8. The van der Waals surface area contributed by atoms with Crippen molar-refractivity contribution in [1.82, 2.24) is 83.0 Å². The molecule has 7 aliphatic heterocycles. The van der Waals surface area contributed by atoms with Gasteiger partial charge in [-0.1, -0.05) is 65.3 Å². The fourth-order valence-corrected chi connectivity index (χ4v) is 11.9. The van der Waals surface area contributed by atoms with Gasteiger partial charge in [0.25, 0.3) is 0 Å². The van der Waals surface area contributed by atoms with Gasteiger partial charge in [0.05, 0.1) is 0 Å². The molecule has 0 aromatic heterocycles. The van der Waals surface area contributed by atoms with E-state index in [-0.39, 0.29) is 43.2 Å². The van der Waals surface area contributed by atoms with Gasteiger partial charge in [-0.2, -0.15) is 34.9 Å². The zero-order chi connectivity index (χ0) is 81.6. The Kier molecular flexibility index (Phi) is 30.2. The van der Waals surface area contributed by atoms with Crippen LogP contribution in [0.25, 0.3) is 0 Å². The monoisotopic (exact) mass is 1530 g/mol. The molecular formula is C77H119N35. The van der Waals surface area contributed by atoms with E-state index < -0.39 is 0 Å².